The number of nitrogens with one attached hydrogen (secondary N) is 1. The van der Waals surface area contributed by atoms with Crippen molar-refractivity contribution >= 4 is 15.9 Å². The Labute approximate surface area is 121 Å². The van der Waals surface area contributed by atoms with Gasteiger partial charge in [0.05, 0.1) is 0 Å². The van der Waals surface area contributed by atoms with Crippen molar-refractivity contribution in [3.05, 3.63) is 63.6 Å². The molecule has 0 fully saturated rings. The van der Waals surface area contributed by atoms with Crippen LogP contribution in [0.1, 0.15) is 29.2 Å². The highest BCUT2D eigenvalue weighted by Crippen LogP contribution is 2.31. The Hall–Kier alpha value is -1.32. The van der Waals surface area contributed by atoms with Crippen molar-refractivity contribution in [2.75, 3.05) is 0 Å². The van der Waals surface area contributed by atoms with E-state index in [-0.39, 0.29) is 0 Å². The Bertz CT molecular complexity index is 597. The summed E-state index contributed by atoms with van der Waals surface area (Å²) < 4.78 is 0.994. The fraction of sp³-hybridized carbons (Fsp3) is 0.250. The maximum Gasteiger partial charge on any atom is 0.120 e. The quantitative estimate of drug-likeness (QED) is 0.899. The highest BCUT2D eigenvalue weighted by atomic mass is 79.9. The molecule has 2 N–H and O–H groups in total. The summed E-state index contributed by atoms with van der Waals surface area (Å²) in [5.74, 6) is 0.349. The van der Waals surface area contributed by atoms with Crippen molar-refractivity contribution in [3.8, 4) is 5.75 Å². The van der Waals surface area contributed by atoms with Gasteiger partial charge in [-0.1, -0.05) is 40.2 Å². The van der Waals surface area contributed by atoms with Gasteiger partial charge in [0.1, 0.15) is 5.75 Å². The number of hydrogen-bond donors (Lipinski definition) is 2. The van der Waals surface area contributed by atoms with E-state index in [1.807, 2.05) is 12.1 Å². The average Bonchev–Trinajstić information content (AvgIpc) is 2.83. The zero-order valence-corrected chi connectivity index (χ0v) is 12.2. The van der Waals surface area contributed by atoms with Crippen LogP contribution in [0, 0.1) is 0 Å². The van der Waals surface area contributed by atoms with Crippen LogP contribution in [0.2, 0.25) is 0 Å². The second-order valence-electron chi connectivity index (χ2n) is 4.94. The Morgan fingerprint density at radius 3 is 2.95 bits per heavy atom. The predicted octanol–water partition coefficient (Wildman–Crippen LogP) is 3.93. The Kier molecular flexibility index (Phi) is 3.58. The molecule has 3 rings (SSSR count). The van der Waals surface area contributed by atoms with E-state index in [9.17, 15) is 5.11 Å². The molecule has 0 bridgehead atoms. The van der Waals surface area contributed by atoms with Crippen LogP contribution in [0.15, 0.2) is 46.9 Å². The number of halogens is 1. The molecule has 2 aromatic carbocycles. The molecule has 0 heterocycles. The van der Waals surface area contributed by atoms with Crippen LogP contribution in [0.3, 0.4) is 0 Å². The molecule has 0 saturated heterocycles. The molecule has 19 heavy (non-hydrogen) atoms. The second-order valence-corrected chi connectivity index (χ2v) is 5.86. The normalized spacial score (nSPS) is 17.4. The Morgan fingerprint density at radius 1 is 1.21 bits per heavy atom. The van der Waals surface area contributed by atoms with Gasteiger partial charge in [-0.25, -0.2) is 0 Å². The van der Waals surface area contributed by atoms with Gasteiger partial charge in [-0.05, 0) is 42.2 Å². The first-order valence-corrected chi connectivity index (χ1v) is 7.32. The summed E-state index contributed by atoms with van der Waals surface area (Å²) >= 11 is 3.44. The predicted molar refractivity (Wildman–Crippen MR) is 80.2 cm³/mol. The van der Waals surface area contributed by atoms with E-state index < -0.39 is 0 Å². The monoisotopic (exact) mass is 317 g/mol. The van der Waals surface area contributed by atoms with Crippen molar-refractivity contribution < 1.29 is 5.11 Å². The number of fused-ring (bicyclic) bond motifs is 1. The van der Waals surface area contributed by atoms with E-state index in [1.54, 1.807) is 6.07 Å². The fourth-order valence-corrected chi connectivity index (χ4v) is 3.11. The van der Waals surface area contributed by atoms with E-state index in [0.29, 0.717) is 18.3 Å². The molecule has 2 nitrogen and oxygen atoms in total. The zero-order chi connectivity index (χ0) is 13.2. The van der Waals surface area contributed by atoms with E-state index in [0.717, 1.165) is 22.9 Å². The van der Waals surface area contributed by atoms with E-state index in [4.69, 9.17) is 0 Å². The topological polar surface area (TPSA) is 32.3 Å². The lowest BCUT2D eigenvalue weighted by Crippen LogP contribution is -2.18. The second kappa shape index (κ2) is 5.35. The number of phenols is 1. The minimum Gasteiger partial charge on any atom is -0.508 e. The number of hydrogen-bond acceptors (Lipinski definition) is 2. The molecular weight excluding hydrogens is 302 g/mol. The van der Waals surface area contributed by atoms with Gasteiger partial charge in [0.25, 0.3) is 0 Å². The number of aryl methyl sites for hydroxylation is 1. The SMILES string of the molecule is Oc1ccc(Br)cc1CNC1CCc2ccccc21. The molecular formula is C16H16BrNO. The number of rotatable bonds is 3. The van der Waals surface area contributed by atoms with Crippen LogP contribution in [-0.2, 0) is 13.0 Å². The smallest absolute Gasteiger partial charge is 0.120 e. The van der Waals surface area contributed by atoms with Gasteiger partial charge >= 0.3 is 0 Å². The summed E-state index contributed by atoms with van der Waals surface area (Å²) in [6, 6.07) is 14.5. The first-order chi connectivity index (χ1) is 9.24. The zero-order valence-electron chi connectivity index (χ0n) is 10.6. The summed E-state index contributed by atoms with van der Waals surface area (Å²) in [5.41, 5.74) is 3.77. The third-order valence-corrected chi connectivity index (χ3v) is 4.21. The number of phenolic OH excluding ortho intramolecular Hbond substituents is 1. The summed E-state index contributed by atoms with van der Waals surface area (Å²) in [5, 5.41) is 13.4. The Balaban J connectivity index is 1.72. The summed E-state index contributed by atoms with van der Waals surface area (Å²) in [4.78, 5) is 0. The molecule has 3 heteroatoms. The third kappa shape index (κ3) is 2.67. The first kappa shape index (κ1) is 12.7. The molecule has 0 aliphatic heterocycles. The van der Waals surface area contributed by atoms with E-state index in [1.165, 1.54) is 11.1 Å². The van der Waals surface area contributed by atoms with Crippen LogP contribution in [0.5, 0.6) is 5.75 Å². The van der Waals surface area contributed by atoms with Crippen molar-refractivity contribution in [1.82, 2.24) is 5.32 Å². The summed E-state index contributed by atoms with van der Waals surface area (Å²) in [6.45, 7) is 0.685. The van der Waals surface area contributed by atoms with Crippen LogP contribution in [-0.4, -0.2) is 5.11 Å². The molecule has 0 radical (unpaired) electrons. The summed E-state index contributed by atoms with van der Waals surface area (Å²) in [6.07, 6.45) is 2.27. The minimum atomic E-state index is 0.349. The van der Waals surface area contributed by atoms with Crippen LogP contribution in [0.25, 0.3) is 0 Å². The largest absolute Gasteiger partial charge is 0.508 e. The molecule has 1 aliphatic carbocycles. The average molecular weight is 318 g/mol. The van der Waals surface area contributed by atoms with Gasteiger partial charge in [-0.2, -0.15) is 0 Å². The highest BCUT2D eigenvalue weighted by molar-refractivity contribution is 9.10. The lowest BCUT2D eigenvalue weighted by atomic mass is 10.1. The standard InChI is InChI=1S/C16H16BrNO/c17-13-6-8-16(19)12(9-13)10-18-15-7-5-11-3-1-2-4-14(11)15/h1-4,6,8-9,15,18-19H,5,7,10H2. The lowest BCUT2D eigenvalue weighted by Gasteiger charge is -2.15. The van der Waals surface area contributed by atoms with E-state index >= 15 is 0 Å². The van der Waals surface area contributed by atoms with Crippen molar-refractivity contribution in [2.45, 2.75) is 25.4 Å². The van der Waals surface area contributed by atoms with Gasteiger partial charge in [0.2, 0.25) is 0 Å². The molecule has 1 aliphatic rings. The van der Waals surface area contributed by atoms with Crippen LogP contribution >= 0.6 is 15.9 Å². The van der Waals surface area contributed by atoms with Crippen molar-refractivity contribution in [3.63, 3.8) is 0 Å². The molecule has 1 atom stereocenters. The van der Waals surface area contributed by atoms with Gasteiger partial charge in [0.15, 0.2) is 0 Å². The molecule has 1 unspecified atom stereocenters. The molecule has 0 saturated carbocycles. The van der Waals surface area contributed by atoms with Crippen LogP contribution < -0.4 is 5.32 Å². The first-order valence-electron chi connectivity index (χ1n) is 6.52. The van der Waals surface area contributed by atoms with Gasteiger partial charge in [-0.3, -0.25) is 0 Å². The number of aromatic hydroxyl groups is 1. The molecule has 0 spiro atoms. The molecule has 2 aromatic rings. The van der Waals surface area contributed by atoms with Gasteiger partial charge in [0, 0.05) is 22.6 Å². The molecule has 0 amide bonds. The van der Waals surface area contributed by atoms with Crippen molar-refractivity contribution in [2.24, 2.45) is 0 Å². The minimum absolute atomic E-state index is 0.349. The summed E-state index contributed by atoms with van der Waals surface area (Å²) in [7, 11) is 0. The fourth-order valence-electron chi connectivity index (χ4n) is 2.70. The van der Waals surface area contributed by atoms with E-state index in [2.05, 4.69) is 45.5 Å². The number of benzene rings is 2. The molecule has 98 valence electrons. The highest BCUT2D eigenvalue weighted by Gasteiger charge is 2.21. The van der Waals surface area contributed by atoms with Gasteiger partial charge < -0.3 is 10.4 Å². The third-order valence-electron chi connectivity index (χ3n) is 3.71. The maximum absolute atomic E-state index is 9.84. The van der Waals surface area contributed by atoms with Gasteiger partial charge in [-0.15, -0.1) is 0 Å². The lowest BCUT2D eigenvalue weighted by molar-refractivity contribution is 0.456. The maximum atomic E-state index is 9.84. The van der Waals surface area contributed by atoms with Crippen molar-refractivity contribution in [1.29, 1.82) is 0 Å². The Morgan fingerprint density at radius 2 is 2.05 bits per heavy atom. The van der Waals surface area contributed by atoms with Crippen LogP contribution in [0.4, 0.5) is 0 Å². The molecule has 0 aromatic heterocycles.